The van der Waals surface area contributed by atoms with Gasteiger partial charge in [0.05, 0.1) is 0 Å². The van der Waals surface area contributed by atoms with E-state index in [0.29, 0.717) is 6.61 Å². The summed E-state index contributed by atoms with van der Waals surface area (Å²) in [4.78, 5) is 12.3. The molecule has 4 nitrogen and oxygen atoms in total. The van der Waals surface area contributed by atoms with Crippen molar-refractivity contribution in [2.24, 2.45) is 5.92 Å². The van der Waals surface area contributed by atoms with Crippen LogP contribution in [0.25, 0.3) is 0 Å². The van der Waals surface area contributed by atoms with Crippen LogP contribution in [0.15, 0.2) is 0 Å². The van der Waals surface area contributed by atoms with Crippen molar-refractivity contribution in [1.29, 1.82) is 0 Å². The molecule has 104 valence electrons. The van der Waals surface area contributed by atoms with Crippen molar-refractivity contribution < 1.29 is 14.6 Å². The molecule has 1 saturated carbocycles. The molecule has 2 fully saturated rings. The van der Waals surface area contributed by atoms with Crippen LogP contribution in [-0.2, 0) is 9.53 Å². The average Bonchev–Trinajstić information content (AvgIpc) is 2.69. The Morgan fingerprint density at radius 3 is 2.78 bits per heavy atom. The van der Waals surface area contributed by atoms with Crippen molar-refractivity contribution in [2.75, 3.05) is 13.2 Å². The van der Waals surface area contributed by atoms with Gasteiger partial charge >= 0.3 is 0 Å². The fourth-order valence-corrected chi connectivity index (χ4v) is 3.07. The molecule has 3 unspecified atom stereocenters. The smallest absolute Gasteiger partial charge is 0.252 e. The maximum absolute atomic E-state index is 12.3. The second-order valence-corrected chi connectivity index (χ2v) is 5.84. The minimum atomic E-state index is -0.647. The van der Waals surface area contributed by atoms with Crippen LogP contribution in [0.1, 0.15) is 51.9 Å². The van der Waals surface area contributed by atoms with E-state index < -0.39 is 5.60 Å². The summed E-state index contributed by atoms with van der Waals surface area (Å²) in [6.07, 6.45) is 7.25. The third kappa shape index (κ3) is 3.04. The van der Waals surface area contributed by atoms with Gasteiger partial charge in [0.15, 0.2) is 0 Å². The molecule has 0 radical (unpaired) electrons. The zero-order chi connectivity index (χ0) is 13.0. The second kappa shape index (κ2) is 6.02. The van der Waals surface area contributed by atoms with E-state index in [1.165, 1.54) is 6.42 Å². The van der Waals surface area contributed by atoms with Crippen molar-refractivity contribution in [2.45, 2.75) is 63.5 Å². The molecule has 0 aromatic carbocycles. The van der Waals surface area contributed by atoms with Gasteiger partial charge in [0.25, 0.3) is 5.91 Å². The summed E-state index contributed by atoms with van der Waals surface area (Å²) in [6.45, 7) is 2.72. The highest BCUT2D eigenvalue weighted by atomic mass is 16.5. The number of rotatable bonds is 3. The Bertz CT molecular complexity index is 287. The Balaban J connectivity index is 1.95. The van der Waals surface area contributed by atoms with Crippen LogP contribution in [0.2, 0.25) is 0 Å². The number of aliphatic hydroxyl groups excluding tert-OH is 1. The highest BCUT2D eigenvalue weighted by Crippen LogP contribution is 2.28. The fraction of sp³-hybridized carbons (Fsp3) is 0.929. The quantitative estimate of drug-likeness (QED) is 0.753. The van der Waals surface area contributed by atoms with Crippen molar-refractivity contribution in [3.8, 4) is 0 Å². The first kappa shape index (κ1) is 13.8. The molecule has 0 aromatic rings. The highest BCUT2D eigenvalue weighted by molar-refractivity contribution is 5.85. The Morgan fingerprint density at radius 1 is 1.33 bits per heavy atom. The molecule has 18 heavy (non-hydrogen) atoms. The Hall–Kier alpha value is -0.610. The molecule has 1 amide bonds. The summed E-state index contributed by atoms with van der Waals surface area (Å²) in [5, 5.41) is 12.6. The van der Waals surface area contributed by atoms with E-state index >= 15 is 0 Å². The van der Waals surface area contributed by atoms with Gasteiger partial charge in [0.2, 0.25) is 0 Å². The largest absolute Gasteiger partial charge is 0.396 e. The van der Waals surface area contributed by atoms with E-state index in [1.54, 1.807) is 0 Å². The second-order valence-electron chi connectivity index (χ2n) is 5.84. The third-order valence-electron chi connectivity index (χ3n) is 4.41. The summed E-state index contributed by atoms with van der Waals surface area (Å²) < 4.78 is 5.57. The number of carbonyl (C=O) groups excluding carboxylic acids is 1. The number of nitrogens with one attached hydrogen (secondary N) is 1. The zero-order valence-electron chi connectivity index (χ0n) is 11.3. The van der Waals surface area contributed by atoms with E-state index in [2.05, 4.69) is 5.32 Å². The molecule has 2 rings (SSSR count). The lowest BCUT2D eigenvalue weighted by molar-refractivity contribution is -0.140. The normalized spacial score (nSPS) is 37.2. The molecule has 2 N–H and O–H groups in total. The van der Waals surface area contributed by atoms with Crippen LogP contribution in [0.4, 0.5) is 0 Å². The highest BCUT2D eigenvalue weighted by Gasteiger charge is 2.39. The molecule has 1 heterocycles. The number of aliphatic hydroxyl groups is 1. The van der Waals surface area contributed by atoms with Crippen LogP contribution in [0.5, 0.6) is 0 Å². The van der Waals surface area contributed by atoms with E-state index in [1.807, 2.05) is 6.92 Å². The maximum atomic E-state index is 12.3. The first-order valence-corrected chi connectivity index (χ1v) is 7.21. The predicted octanol–water partition coefficient (Wildman–Crippen LogP) is 1.61. The van der Waals surface area contributed by atoms with Gasteiger partial charge in [-0.25, -0.2) is 0 Å². The van der Waals surface area contributed by atoms with Crippen molar-refractivity contribution in [3.05, 3.63) is 0 Å². The molecular formula is C14H25NO3. The van der Waals surface area contributed by atoms with Gasteiger partial charge in [-0.3, -0.25) is 4.79 Å². The van der Waals surface area contributed by atoms with Gasteiger partial charge in [-0.2, -0.15) is 0 Å². The number of amides is 1. The minimum absolute atomic E-state index is 0.00495. The number of hydrogen-bond acceptors (Lipinski definition) is 3. The molecular weight excluding hydrogens is 230 g/mol. The van der Waals surface area contributed by atoms with Gasteiger partial charge in [-0.05, 0) is 32.6 Å². The molecule has 1 aliphatic heterocycles. The molecule has 1 saturated heterocycles. The van der Waals surface area contributed by atoms with Crippen LogP contribution < -0.4 is 5.32 Å². The van der Waals surface area contributed by atoms with E-state index in [9.17, 15) is 9.90 Å². The Kier molecular flexibility index (Phi) is 4.62. The van der Waals surface area contributed by atoms with Crippen LogP contribution >= 0.6 is 0 Å². The van der Waals surface area contributed by atoms with Crippen LogP contribution in [0, 0.1) is 5.92 Å². The first-order valence-electron chi connectivity index (χ1n) is 7.21. The lowest BCUT2D eigenvalue weighted by Crippen LogP contribution is -2.50. The maximum Gasteiger partial charge on any atom is 0.252 e. The number of carbonyl (C=O) groups is 1. The standard InChI is InChI=1S/C14H25NO3/c1-14(8-5-9-18-14)13(17)15-12-7-4-2-3-6-11(12)10-16/h11-12,16H,2-10H2,1H3,(H,15,17). The molecule has 1 aliphatic carbocycles. The van der Waals surface area contributed by atoms with Gasteiger partial charge in [-0.15, -0.1) is 0 Å². The molecule has 0 bridgehead atoms. The van der Waals surface area contributed by atoms with Gasteiger partial charge < -0.3 is 15.2 Å². The molecule has 3 atom stereocenters. The summed E-state index contributed by atoms with van der Waals surface area (Å²) in [5.74, 6) is 0.215. The Morgan fingerprint density at radius 2 is 2.11 bits per heavy atom. The molecule has 0 spiro atoms. The third-order valence-corrected chi connectivity index (χ3v) is 4.41. The van der Waals surface area contributed by atoms with E-state index in [-0.39, 0.29) is 24.5 Å². The van der Waals surface area contributed by atoms with Gasteiger partial charge in [-0.1, -0.05) is 19.3 Å². The SMILES string of the molecule is CC1(C(=O)NC2CCCCCC2CO)CCCO1. The molecule has 4 heteroatoms. The lowest BCUT2D eigenvalue weighted by atomic mass is 9.94. The van der Waals surface area contributed by atoms with Crippen molar-refractivity contribution >= 4 is 5.91 Å². The van der Waals surface area contributed by atoms with Crippen LogP contribution in [0.3, 0.4) is 0 Å². The Labute approximate surface area is 109 Å². The lowest BCUT2D eigenvalue weighted by Gasteiger charge is -2.29. The minimum Gasteiger partial charge on any atom is -0.396 e. The van der Waals surface area contributed by atoms with Crippen LogP contribution in [-0.4, -0.2) is 35.9 Å². The van der Waals surface area contributed by atoms with E-state index in [0.717, 1.165) is 38.5 Å². The zero-order valence-corrected chi connectivity index (χ0v) is 11.3. The summed E-state index contributed by atoms with van der Waals surface area (Å²) in [5.41, 5.74) is -0.647. The summed E-state index contributed by atoms with van der Waals surface area (Å²) in [7, 11) is 0. The number of ether oxygens (including phenoxy) is 1. The molecule has 0 aromatic heterocycles. The van der Waals surface area contributed by atoms with Crippen molar-refractivity contribution in [3.63, 3.8) is 0 Å². The van der Waals surface area contributed by atoms with E-state index in [4.69, 9.17) is 4.74 Å². The van der Waals surface area contributed by atoms with Gasteiger partial charge in [0, 0.05) is 25.2 Å². The average molecular weight is 255 g/mol. The summed E-state index contributed by atoms with van der Waals surface area (Å²) >= 11 is 0. The fourth-order valence-electron chi connectivity index (χ4n) is 3.07. The molecule has 2 aliphatic rings. The van der Waals surface area contributed by atoms with Gasteiger partial charge in [0.1, 0.15) is 5.60 Å². The van der Waals surface area contributed by atoms with Crippen molar-refractivity contribution in [1.82, 2.24) is 5.32 Å². The summed E-state index contributed by atoms with van der Waals surface area (Å²) in [6, 6.07) is 0.117. The topological polar surface area (TPSA) is 58.6 Å². The monoisotopic (exact) mass is 255 g/mol. The number of hydrogen-bond donors (Lipinski definition) is 2. The first-order chi connectivity index (χ1) is 8.65. The predicted molar refractivity (Wildman–Crippen MR) is 69.2 cm³/mol.